The van der Waals surface area contributed by atoms with E-state index in [1.807, 2.05) is 0 Å². The molecule has 0 bridgehead atoms. The van der Waals surface area contributed by atoms with Gasteiger partial charge in [-0.05, 0) is 19.4 Å². The van der Waals surface area contributed by atoms with E-state index in [1.54, 1.807) is 6.08 Å². The summed E-state index contributed by atoms with van der Waals surface area (Å²) < 4.78 is 0. The molecule has 0 radical (unpaired) electrons. The van der Waals surface area contributed by atoms with E-state index in [4.69, 9.17) is 5.73 Å². The predicted octanol–water partition coefficient (Wildman–Crippen LogP) is 0.514. The first-order chi connectivity index (χ1) is 5.72. The van der Waals surface area contributed by atoms with Gasteiger partial charge in [-0.3, -0.25) is 4.79 Å². The Labute approximate surface area is 73.2 Å². The zero-order chi connectivity index (χ0) is 8.97. The third kappa shape index (κ3) is 2.66. The van der Waals surface area contributed by atoms with Crippen LogP contribution >= 0.6 is 0 Å². The molecule has 3 nitrogen and oxygen atoms in total. The Balaban J connectivity index is 2.40. The summed E-state index contributed by atoms with van der Waals surface area (Å²) in [5, 5.41) is 0. The molecule has 1 rings (SSSR count). The van der Waals surface area contributed by atoms with Crippen LogP contribution in [0.15, 0.2) is 11.6 Å². The van der Waals surface area contributed by atoms with Crippen LogP contribution in [0.5, 0.6) is 0 Å². The van der Waals surface area contributed by atoms with Crippen LogP contribution in [0.4, 0.5) is 0 Å². The van der Waals surface area contributed by atoms with Gasteiger partial charge in [0, 0.05) is 19.2 Å². The Kier molecular flexibility index (Phi) is 3.29. The number of hydrogen-bond acceptors (Lipinski definition) is 2. The van der Waals surface area contributed by atoms with Crippen molar-refractivity contribution in [3.8, 4) is 0 Å². The second-order valence-corrected chi connectivity index (χ2v) is 3.14. The first-order valence-corrected chi connectivity index (χ1v) is 4.43. The summed E-state index contributed by atoms with van der Waals surface area (Å²) in [4.78, 5) is 12.9. The summed E-state index contributed by atoms with van der Waals surface area (Å²) in [6.45, 7) is 5.39. The topological polar surface area (TPSA) is 46.3 Å². The zero-order valence-corrected chi connectivity index (χ0v) is 7.55. The van der Waals surface area contributed by atoms with Crippen LogP contribution in [0.1, 0.15) is 19.8 Å². The van der Waals surface area contributed by atoms with Gasteiger partial charge in [-0.2, -0.15) is 0 Å². The third-order valence-electron chi connectivity index (χ3n) is 2.29. The van der Waals surface area contributed by atoms with Crippen molar-refractivity contribution in [2.45, 2.75) is 19.8 Å². The minimum atomic E-state index is -0.310. The number of piperidine rings is 1. The molecule has 0 aromatic carbocycles. The van der Waals surface area contributed by atoms with Gasteiger partial charge in [0.25, 0.3) is 0 Å². The van der Waals surface area contributed by atoms with Crippen molar-refractivity contribution in [2.75, 3.05) is 19.6 Å². The summed E-state index contributed by atoms with van der Waals surface area (Å²) in [6.07, 6.45) is 3.57. The third-order valence-corrected chi connectivity index (χ3v) is 2.29. The standard InChI is InChI=1S/C9H16N2O/c1-2-11-5-3-8(4-6-11)7-9(10)12/h7H,2-6H2,1H3,(H2,10,12). The molecule has 0 unspecified atom stereocenters. The average Bonchev–Trinajstić information content (AvgIpc) is 2.05. The maximum absolute atomic E-state index is 10.6. The van der Waals surface area contributed by atoms with Crippen LogP contribution in [0.25, 0.3) is 0 Å². The van der Waals surface area contributed by atoms with E-state index >= 15 is 0 Å². The first kappa shape index (κ1) is 9.26. The Bertz CT molecular complexity index is 189. The fourth-order valence-electron chi connectivity index (χ4n) is 1.50. The molecule has 1 aliphatic rings. The van der Waals surface area contributed by atoms with Crippen LogP contribution in [0.2, 0.25) is 0 Å². The van der Waals surface area contributed by atoms with Gasteiger partial charge in [0.15, 0.2) is 0 Å². The monoisotopic (exact) mass is 168 g/mol. The van der Waals surface area contributed by atoms with E-state index in [2.05, 4.69) is 11.8 Å². The van der Waals surface area contributed by atoms with E-state index in [1.165, 1.54) is 5.57 Å². The molecular weight excluding hydrogens is 152 g/mol. The molecule has 12 heavy (non-hydrogen) atoms. The van der Waals surface area contributed by atoms with E-state index in [0.717, 1.165) is 32.5 Å². The van der Waals surface area contributed by atoms with Gasteiger partial charge in [-0.25, -0.2) is 0 Å². The van der Waals surface area contributed by atoms with E-state index in [-0.39, 0.29) is 5.91 Å². The lowest BCUT2D eigenvalue weighted by atomic mass is 10.0. The molecule has 2 N–H and O–H groups in total. The van der Waals surface area contributed by atoms with Crippen molar-refractivity contribution >= 4 is 5.91 Å². The van der Waals surface area contributed by atoms with E-state index in [9.17, 15) is 4.79 Å². The molecule has 0 spiro atoms. The minimum Gasteiger partial charge on any atom is -0.366 e. The smallest absolute Gasteiger partial charge is 0.241 e. The zero-order valence-electron chi connectivity index (χ0n) is 7.55. The van der Waals surface area contributed by atoms with E-state index in [0.29, 0.717) is 0 Å². The number of carbonyl (C=O) groups is 1. The highest BCUT2D eigenvalue weighted by atomic mass is 16.1. The molecule has 1 heterocycles. The van der Waals surface area contributed by atoms with Gasteiger partial charge in [-0.15, -0.1) is 0 Å². The van der Waals surface area contributed by atoms with Crippen molar-refractivity contribution in [3.05, 3.63) is 11.6 Å². The van der Waals surface area contributed by atoms with Crippen LogP contribution in [0.3, 0.4) is 0 Å². The Hall–Kier alpha value is -0.830. The van der Waals surface area contributed by atoms with Crippen LogP contribution in [-0.4, -0.2) is 30.4 Å². The number of primary amides is 1. The van der Waals surface area contributed by atoms with Crippen molar-refractivity contribution in [3.63, 3.8) is 0 Å². The number of amides is 1. The summed E-state index contributed by atoms with van der Waals surface area (Å²) in [5.41, 5.74) is 6.26. The fourth-order valence-corrected chi connectivity index (χ4v) is 1.50. The fraction of sp³-hybridized carbons (Fsp3) is 0.667. The molecular formula is C9H16N2O. The van der Waals surface area contributed by atoms with Gasteiger partial charge < -0.3 is 10.6 Å². The van der Waals surface area contributed by atoms with Crippen molar-refractivity contribution in [2.24, 2.45) is 5.73 Å². The number of nitrogens with two attached hydrogens (primary N) is 1. The highest BCUT2D eigenvalue weighted by Gasteiger charge is 2.11. The maximum Gasteiger partial charge on any atom is 0.241 e. The van der Waals surface area contributed by atoms with Crippen LogP contribution in [0, 0.1) is 0 Å². The van der Waals surface area contributed by atoms with Crippen LogP contribution in [-0.2, 0) is 4.79 Å². The quantitative estimate of drug-likeness (QED) is 0.611. The minimum absolute atomic E-state index is 0.310. The molecule has 1 fully saturated rings. The molecule has 1 amide bonds. The van der Waals surface area contributed by atoms with Crippen LogP contribution < -0.4 is 5.73 Å². The number of nitrogens with zero attached hydrogens (tertiary/aromatic N) is 1. The summed E-state index contributed by atoms with van der Waals surface area (Å²) in [5.74, 6) is -0.310. The lowest BCUT2D eigenvalue weighted by Gasteiger charge is -2.26. The first-order valence-electron chi connectivity index (χ1n) is 4.43. The number of hydrogen-bond donors (Lipinski definition) is 1. The highest BCUT2D eigenvalue weighted by Crippen LogP contribution is 2.14. The predicted molar refractivity (Wildman–Crippen MR) is 48.6 cm³/mol. The highest BCUT2D eigenvalue weighted by molar-refractivity contribution is 5.86. The molecule has 3 heteroatoms. The lowest BCUT2D eigenvalue weighted by molar-refractivity contribution is -0.113. The average molecular weight is 168 g/mol. The molecule has 0 aliphatic carbocycles. The summed E-state index contributed by atoms with van der Waals surface area (Å²) in [6, 6.07) is 0. The molecule has 1 saturated heterocycles. The largest absolute Gasteiger partial charge is 0.366 e. The molecule has 0 aromatic rings. The Morgan fingerprint density at radius 1 is 1.58 bits per heavy atom. The van der Waals surface area contributed by atoms with Crippen molar-refractivity contribution < 1.29 is 4.79 Å². The molecule has 0 saturated carbocycles. The number of rotatable bonds is 2. The number of carbonyl (C=O) groups excluding carboxylic acids is 1. The van der Waals surface area contributed by atoms with Crippen molar-refractivity contribution in [1.82, 2.24) is 4.90 Å². The molecule has 0 atom stereocenters. The second-order valence-electron chi connectivity index (χ2n) is 3.14. The summed E-state index contributed by atoms with van der Waals surface area (Å²) in [7, 11) is 0. The SMILES string of the molecule is CCN1CCC(=CC(N)=O)CC1. The number of likely N-dealkylation sites (tertiary alicyclic amines) is 1. The normalized spacial score (nSPS) is 19.2. The second kappa shape index (κ2) is 4.26. The van der Waals surface area contributed by atoms with Gasteiger partial charge in [0.1, 0.15) is 0 Å². The molecule has 0 aromatic heterocycles. The van der Waals surface area contributed by atoms with Gasteiger partial charge in [0.2, 0.25) is 5.91 Å². The van der Waals surface area contributed by atoms with Crippen molar-refractivity contribution in [1.29, 1.82) is 0 Å². The van der Waals surface area contributed by atoms with Gasteiger partial charge in [0.05, 0.1) is 0 Å². The van der Waals surface area contributed by atoms with Gasteiger partial charge >= 0.3 is 0 Å². The Morgan fingerprint density at radius 3 is 2.58 bits per heavy atom. The molecule has 68 valence electrons. The molecule has 1 aliphatic heterocycles. The summed E-state index contributed by atoms with van der Waals surface area (Å²) >= 11 is 0. The van der Waals surface area contributed by atoms with Gasteiger partial charge in [-0.1, -0.05) is 12.5 Å². The van der Waals surface area contributed by atoms with E-state index < -0.39 is 0 Å². The Morgan fingerprint density at radius 2 is 2.17 bits per heavy atom. The lowest BCUT2D eigenvalue weighted by Crippen LogP contribution is -2.30. The maximum atomic E-state index is 10.6.